The highest BCUT2D eigenvalue weighted by molar-refractivity contribution is 9.10. The lowest BCUT2D eigenvalue weighted by atomic mass is 10.1. The lowest BCUT2D eigenvalue weighted by molar-refractivity contribution is 0.254. The normalized spacial score (nSPS) is 9.94. The Kier molecular flexibility index (Phi) is 5.15. The van der Waals surface area contributed by atoms with Crippen molar-refractivity contribution >= 4 is 33.6 Å². The highest BCUT2D eigenvalue weighted by atomic mass is 79.9. The number of carbonyl (C=O) groups excluding carboxylic acids is 1. The van der Waals surface area contributed by atoms with Crippen LogP contribution in [0.25, 0.3) is 0 Å². The summed E-state index contributed by atoms with van der Waals surface area (Å²) in [6, 6.07) is 5.31. The van der Waals surface area contributed by atoms with E-state index in [-0.39, 0.29) is 5.96 Å². The molecule has 0 aliphatic rings. The van der Waals surface area contributed by atoms with Gasteiger partial charge in [0.15, 0.2) is 5.96 Å². The summed E-state index contributed by atoms with van der Waals surface area (Å²) in [5, 5.41) is 0. The van der Waals surface area contributed by atoms with Gasteiger partial charge in [-0.05, 0) is 37.1 Å². The third-order valence-electron chi connectivity index (χ3n) is 2.49. The van der Waals surface area contributed by atoms with Crippen molar-refractivity contribution < 1.29 is 4.79 Å². The van der Waals surface area contributed by atoms with Gasteiger partial charge in [0, 0.05) is 16.7 Å². The molecular weight excluding hydrogens is 296 g/mol. The van der Waals surface area contributed by atoms with Crippen LogP contribution in [0, 0.1) is 0 Å². The summed E-state index contributed by atoms with van der Waals surface area (Å²) in [5.41, 5.74) is 12.4. The van der Waals surface area contributed by atoms with Gasteiger partial charge < -0.3 is 11.5 Å². The summed E-state index contributed by atoms with van der Waals surface area (Å²) < 4.78 is 0.980. The third-order valence-corrected chi connectivity index (χ3v) is 2.98. The summed E-state index contributed by atoms with van der Waals surface area (Å²) in [6.45, 7) is 4.41. The Morgan fingerprint density at radius 3 is 2.56 bits per heavy atom. The molecule has 1 rings (SSSR count). The highest BCUT2D eigenvalue weighted by Gasteiger charge is 2.16. The highest BCUT2D eigenvalue weighted by Crippen LogP contribution is 2.25. The molecular formula is C12H17BrN4O. The SMILES string of the molecule is CCc1cc(Br)ccc1N(CC)C(=O)N=C(N)N. The minimum atomic E-state index is -0.450. The number of amides is 2. The molecule has 2 amide bonds. The number of urea groups is 1. The monoisotopic (exact) mass is 312 g/mol. The Balaban J connectivity index is 3.16. The van der Waals surface area contributed by atoms with Crippen LogP contribution in [0.4, 0.5) is 10.5 Å². The minimum Gasteiger partial charge on any atom is -0.370 e. The lowest BCUT2D eigenvalue weighted by Gasteiger charge is -2.21. The molecule has 1 aromatic rings. The van der Waals surface area contributed by atoms with E-state index in [0.717, 1.165) is 22.1 Å². The number of halogens is 1. The van der Waals surface area contributed by atoms with Crippen LogP contribution in [0.1, 0.15) is 19.4 Å². The number of rotatable bonds is 3. The molecule has 1 aromatic carbocycles. The first-order valence-electron chi connectivity index (χ1n) is 5.69. The number of nitrogens with zero attached hydrogens (tertiary/aromatic N) is 2. The van der Waals surface area contributed by atoms with Crippen LogP contribution in [0.3, 0.4) is 0 Å². The zero-order valence-electron chi connectivity index (χ0n) is 10.5. The van der Waals surface area contributed by atoms with E-state index in [4.69, 9.17) is 11.5 Å². The van der Waals surface area contributed by atoms with Crippen LogP contribution < -0.4 is 16.4 Å². The number of aryl methyl sites for hydroxylation is 1. The average Bonchev–Trinajstić information content (AvgIpc) is 2.30. The van der Waals surface area contributed by atoms with Gasteiger partial charge in [-0.3, -0.25) is 4.90 Å². The number of hydrogen-bond donors (Lipinski definition) is 2. The molecule has 0 radical (unpaired) electrons. The molecule has 98 valence electrons. The van der Waals surface area contributed by atoms with Crippen molar-refractivity contribution in [3.63, 3.8) is 0 Å². The predicted molar refractivity (Wildman–Crippen MR) is 77.7 cm³/mol. The van der Waals surface area contributed by atoms with Crippen molar-refractivity contribution in [3.8, 4) is 0 Å². The summed E-state index contributed by atoms with van der Waals surface area (Å²) in [4.78, 5) is 17.0. The number of benzene rings is 1. The molecule has 0 fully saturated rings. The van der Waals surface area contributed by atoms with E-state index in [0.29, 0.717) is 6.54 Å². The number of anilines is 1. The molecule has 0 saturated carbocycles. The predicted octanol–water partition coefficient (Wildman–Crippen LogP) is 2.23. The largest absolute Gasteiger partial charge is 0.370 e. The third kappa shape index (κ3) is 3.46. The van der Waals surface area contributed by atoms with Crippen LogP contribution in [0.2, 0.25) is 0 Å². The molecule has 4 N–H and O–H groups in total. The van der Waals surface area contributed by atoms with Crippen molar-refractivity contribution in [2.45, 2.75) is 20.3 Å². The van der Waals surface area contributed by atoms with Gasteiger partial charge in [-0.15, -0.1) is 0 Å². The van der Waals surface area contributed by atoms with Crippen molar-refractivity contribution in [1.29, 1.82) is 0 Å². The maximum Gasteiger partial charge on any atom is 0.351 e. The van der Waals surface area contributed by atoms with E-state index in [9.17, 15) is 4.79 Å². The van der Waals surface area contributed by atoms with Gasteiger partial charge in [-0.25, -0.2) is 4.79 Å². The smallest absolute Gasteiger partial charge is 0.351 e. The van der Waals surface area contributed by atoms with Crippen LogP contribution in [-0.2, 0) is 6.42 Å². The van der Waals surface area contributed by atoms with Crippen molar-refractivity contribution in [2.24, 2.45) is 16.5 Å². The van der Waals surface area contributed by atoms with Gasteiger partial charge >= 0.3 is 6.03 Å². The maximum absolute atomic E-state index is 11.9. The summed E-state index contributed by atoms with van der Waals surface area (Å²) in [7, 11) is 0. The number of aliphatic imine (C=N–C) groups is 1. The van der Waals surface area contributed by atoms with Crippen molar-refractivity contribution in [1.82, 2.24) is 0 Å². The molecule has 0 unspecified atom stereocenters. The molecule has 0 bridgehead atoms. The summed E-state index contributed by atoms with van der Waals surface area (Å²) >= 11 is 3.41. The van der Waals surface area contributed by atoms with E-state index in [1.807, 2.05) is 32.0 Å². The van der Waals surface area contributed by atoms with Crippen LogP contribution in [-0.4, -0.2) is 18.5 Å². The minimum absolute atomic E-state index is 0.228. The molecule has 0 aliphatic carbocycles. The van der Waals surface area contributed by atoms with Gasteiger partial charge in [0.1, 0.15) is 0 Å². The second-order valence-corrected chi connectivity index (χ2v) is 4.61. The van der Waals surface area contributed by atoms with E-state index in [1.54, 1.807) is 4.90 Å². The van der Waals surface area contributed by atoms with E-state index in [1.165, 1.54) is 0 Å². The fraction of sp³-hybridized carbons (Fsp3) is 0.333. The van der Waals surface area contributed by atoms with E-state index in [2.05, 4.69) is 20.9 Å². The topological polar surface area (TPSA) is 84.7 Å². The van der Waals surface area contributed by atoms with Gasteiger partial charge in [-0.1, -0.05) is 22.9 Å². The van der Waals surface area contributed by atoms with E-state index >= 15 is 0 Å². The number of carbonyl (C=O) groups is 1. The molecule has 5 nitrogen and oxygen atoms in total. The Hall–Kier alpha value is -1.56. The Morgan fingerprint density at radius 1 is 1.39 bits per heavy atom. The fourth-order valence-corrected chi connectivity index (χ4v) is 2.09. The maximum atomic E-state index is 11.9. The summed E-state index contributed by atoms with van der Waals surface area (Å²) in [5.74, 6) is -0.228. The van der Waals surface area contributed by atoms with E-state index < -0.39 is 6.03 Å². The molecule has 0 atom stereocenters. The van der Waals surface area contributed by atoms with Gasteiger partial charge in [0.25, 0.3) is 0 Å². The molecule has 0 saturated heterocycles. The Labute approximate surface area is 115 Å². The van der Waals surface area contributed by atoms with Crippen LogP contribution >= 0.6 is 15.9 Å². The van der Waals surface area contributed by atoms with Gasteiger partial charge in [0.2, 0.25) is 0 Å². The Bertz CT molecular complexity index is 469. The zero-order valence-corrected chi connectivity index (χ0v) is 12.1. The number of guanidine groups is 1. The molecule has 0 spiro atoms. The molecule has 18 heavy (non-hydrogen) atoms. The molecule has 0 aromatic heterocycles. The average molecular weight is 313 g/mol. The molecule has 0 heterocycles. The first-order valence-corrected chi connectivity index (χ1v) is 6.48. The lowest BCUT2D eigenvalue weighted by Crippen LogP contribution is -2.33. The Morgan fingerprint density at radius 2 is 2.06 bits per heavy atom. The van der Waals surface area contributed by atoms with Gasteiger partial charge in [0.05, 0.1) is 0 Å². The second kappa shape index (κ2) is 6.39. The summed E-state index contributed by atoms with van der Waals surface area (Å²) in [6.07, 6.45) is 0.820. The second-order valence-electron chi connectivity index (χ2n) is 3.69. The molecule has 0 aliphatic heterocycles. The number of hydrogen-bond acceptors (Lipinski definition) is 1. The van der Waals surface area contributed by atoms with Gasteiger partial charge in [-0.2, -0.15) is 4.99 Å². The van der Waals surface area contributed by atoms with Crippen LogP contribution in [0.15, 0.2) is 27.7 Å². The standard InChI is InChI=1S/C12H17BrN4O/c1-3-8-7-9(13)5-6-10(8)17(4-2)12(18)16-11(14)15/h5-7H,3-4H2,1-2H3,(H4,14,15,16,18). The quantitative estimate of drug-likeness (QED) is 0.663. The van der Waals surface area contributed by atoms with Crippen LogP contribution in [0.5, 0.6) is 0 Å². The number of nitrogens with two attached hydrogens (primary N) is 2. The van der Waals surface area contributed by atoms with Crippen molar-refractivity contribution in [3.05, 3.63) is 28.2 Å². The molecule has 6 heteroatoms. The van der Waals surface area contributed by atoms with Crippen molar-refractivity contribution in [2.75, 3.05) is 11.4 Å². The zero-order chi connectivity index (χ0) is 13.7. The fourth-order valence-electron chi connectivity index (χ4n) is 1.68. The first-order chi connectivity index (χ1) is 8.49. The first kappa shape index (κ1) is 14.5.